The number of hydrogen-bond donors (Lipinski definition) is 1. The highest BCUT2D eigenvalue weighted by Gasteiger charge is 2.42. The third-order valence-electron chi connectivity index (χ3n) is 4.88. The van der Waals surface area contributed by atoms with Crippen LogP contribution >= 0.6 is 11.3 Å². The lowest BCUT2D eigenvalue weighted by Gasteiger charge is -2.18. The Labute approximate surface area is 190 Å². The maximum atomic E-state index is 13.2. The molecule has 1 amide bonds. The van der Waals surface area contributed by atoms with Gasteiger partial charge in [-0.3, -0.25) is 9.52 Å². The Morgan fingerprint density at radius 2 is 2.00 bits per heavy atom. The minimum absolute atomic E-state index is 0.0396. The molecule has 0 radical (unpaired) electrons. The van der Waals surface area contributed by atoms with Gasteiger partial charge in [0.25, 0.3) is 10.0 Å². The van der Waals surface area contributed by atoms with E-state index < -0.39 is 31.9 Å². The van der Waals surface area contributed by atoms with Crippen LogP contribution in [0.2, 0.25) is 0 Å². The Kier molecular flexibility index (Phi) is 5.63. The van der Waals surface area contributed by atoms with Crippen molar-refractivity contribution in [2.75, 3.05) is 21.4 Å². The smallest absolute Gasteiger partial charge is 0.267 e. The van der Waals surface area contributed by atoms with E-state index in [1.807, 2.05) is 19.1 Å². The van der Waals surface area contributed by atoms with E-state index >= 15 is 0 Å². The molecule has 170 valence electrons. The van der Waals surface area contributed by atoms with Crippen molar-refractivity contribution in [2.45, 2.75) is 25.7 Å². The fraction of sp³-hybridized carbons (Fsp3) is 0.300. The van der Waals surface area contributed by atoms with Crippen LogP contribution in [0.3, 0.4) is 0 Å². The van der Waals surface area contributed by atoms with Gasteiger partial charge in [-0.2, -0.15) is 0 Å². The average Bonchev–Trinajstić information content (AvgIpc) is 3.17. The van der Waals surface area contributed by atoms with Crippen molar-refractivity contribution in [2.24, 2.45) is 5.92 Å². The summed E-state index contributed by atoms with van der Waals surface area (Å²) in [6.07, 6.45) is 0. The van der Waals surface area contributed by atoms with E-state index in [0.717, 1.165) is 16.3 Å². The van der Waals surface area contributed by atoms with Crippen LogP contribution in [0.4, 0.5) is 10.8 Å². The molecule has 9 nitrogen and oxygen atoms in total. The summed E-state index contributed by atoms with van der Waals surface area (Å²) in [5.41, 5.74) is 1.62. The number of aryl methyl sites for hydroxylation is 1. The summed E-state index contributed by atoms with van der Waals surface area (Å²) in [7, 11) is -8.09. The molecule has 1 aliphatic rings. The normalized spacial score (nSPS) is 18.3. The molecule has 2 aromatic carbocycles. The molecule has 0 bridgehead atoms. The SMILES string of the molecule is CCOc1ccc(N2C(=O)C(C)CS2(=O)=O)cc1S(=O)(=O)Nc1nc2ccc(C)cc2s1. The summed E-state index contributed by atoms with van der Waals surface area (Å²) in [5, 5.41) is 0.164. The Morgan fingerprint density at radius 3 is 2.66 bits per heavy atom. The summed E-state index contributed by atoms with van der Waals surface area (Å²) >= 11 is 1.18. The highest BCUT2D eigenvalue weighted by molar-refractivity contribution is 7.94. The molecule has 0 saturated carbocycles. The summed E-state index contributed by atoms with van der Waals surface area (Å²) in [6, 6.07) is 9.43. The summed E-state index contributed by atoms with van der Waals surface area (Å²) in [4.78, 5) is 16.5. The number of hydrogen-bond acceptors (Lipinski definition) is 8. The second-order valence-electron chi connectivity index (χ2n) is 7.44. The van der Waals surface area contributed by atoms with Gasteiger partial charge in [0.15, 0.2) is 5.13 Å². The fourth-order valence-corrected chi connectivity index (χ4v) is 7.62. The van der Waals surface area contributed by atoms with E-state index in [2.05, 4.69) is 9.71 Å². The molecule has 2 heterocycles. The molecule has 0 aliphatic carbocycles. The monoisotopic (exact) mass is 495 g/mol. The van der Waals surface area contributed by atoms with Gasteiger partial charge in [-0.15, -0.1) is 0 Å². The number of rotatable bonds is 6. The molecule has 1 fully saturated rings. The van der Waals surface area contributed by atoms with E-state index in [4.69, 9.17) is 4.74 Å². The molecule has 4 rings (SSSR count). The van der Waals surface area contributed by atoms with E-state index in [9.17, 15) is 21.6 Å². The van der Waals surface area contributed by atoms with Crippen molar-refractivity contribution in [1.29, 1.82) is 0 Å². The first kappa shape index (κ1) is 22.5. The molecule has 32 heavy (non-hydrogen) atoms. The van der Waals surface area contributed by atoms with Gasteiger partial charge in [0.05, 0.1) is 34.2 Å². The Balaban J connectivity index is 1.77. The van der Waals surface area contributed by atoms with Gasteiger partial charge in [0.1, 0.15) is 10.6 Å². The zero-order valence-corrected chi connectivity index (χ0v) is 20.0. The average molecular weight is 496 g/mol. The molecule has 1 unspecified atom stereocenters. The molecule has 1 saturated heterocycles. The van der Waals surface area contributed by atoms with E-state index in [1.165, 1.54) is 30.4 Å². The minimum Gasteiger partial charge on any atom is -0.492 e. The number of nitrogens with one attached hydrogen (secondary N) is 1. The maximum absolute atomic E-state index is 13.2. The van der Waals surface area contributed by atoms with Crippen LogP contribution in [0.25, 0.3) is 10.2 Å². The van der Waals surface area contributed by atoms with Gasteiger partial charge >= 0.3 is 0 Å². The van der Waals surface area contributed by atoms with E-state index in [0.29, 0.717) is 9.82 Å². The highest BCUT2D eigenvalue weighted by atomic mass is 32.2. The molecular formula is C20H21N3O6S3. The van der Waals surface area contributed by atoms with Gasteiger partial charge in [0.2, 0.25) is 15.9 Å². The summed E-state index contributed by atoms with van der Waals surface area (Å²) in [5.74, 6) is -1.61. The lowest BCUT2D eigenvalue weighted by atomic mass is 10.2. The van der Waals surface area contributed by atoms with Crippen LogP contribution < -0.4 is 13.8 Å². The van der Waals surface area contributed by atoms with Gasteiger partial charge in [-0.1, -0.05) is 24.3 Å². The van der Waals surface area contributed by atoms with E-state index in [1.54, 1.807) is 13.0 Å². The summed E-state index contributed by atoms with van der Waals surface area (Å²) in [6.45, 7) is 5.34. The first-order chi connectivity index (χ1) is 15.0. The van der Waals surface area contributed by atoms with Crippen LogP contribution in [0.15, 0.2) is 41.3 Å². The zero-order valence-electron chi connectivity index (χ0n) is 17.5. The van der Waals surface area contributed by atoms with Gasteiger partial charge in [-0.25, -0.2) is 26.1 Å². The highest BCUT2D eigenvalue weighted by Crippen LogP contribution is 2.36. The Hall–Kier alpha value is -2.70. The molecule has 1 aromatic heterocycles. The molecule has 1 N–H and O–H groups in total. The van der Waals surface area contributed by atoms with Crippen molar-refractivity contribution in [3.63, 3.8) is 0 Å². The first-order valence-corrected chi connectivity index (χ1v) is 13.7. The van der Waals surface area contributed by atoms with Gasteiger partial charge < -0.3 is 4.74 Å². The topological polar surface area (TPSA) is 123 Å². The number of carbonyl (C=O) groups excluding carboxylic acids is 1. The first-order valence-electron chi connectivity index (χ1n) is 9.75. The lowest BCUT2D eigenvalue weighted by Crippen LogP contribution is -2.30. The minimum atomic E-state index is -4.20. The number of benzene rings is 2. The van der Waals surface area contributed by atoms with Crippen LogP contribution in [0.5, 0.6) is 5.75 Å². The van der Waals surface area contributed by atoms with Crippen molar-refractivity contribution in [1.82, 2.24) is 4.98 Å². The van der Waals surface area contributed by atoms with Crippen molar-refractivity contribution in [3.05, 3.63) is 42.0 Å². The van der Waals surface area contributed by atoms with Gasteiger partial charge in [-0.05, 0) is 49.7 Å². The van der Waals surface area contributed by atoms with Crippen molar-refractivity contribution >= 4 is 58.3 Å². The van der Waals surface area contributed by atoms with Crippen molar-refractivity contribution in [3.8, 4) is 5.75 Å². The summed E-state index contributed by atoms with van der Waals surface area (Å²) < 4.78 is 60.8. The number of thiazole rings is 1. The van der Waals surface area contributed by atoms with E-state index in [-0.39, 0.29) is 33.8 Å². The number of nitrogens with zero attached hydrogens (tertiary/aromatic N) is 2. The number of sulfonamides is 2. The molecule has 12 heteroatoms. The Morgan fingerprint density at radius 1 is 1.25 bits per heavy atom. The molecule has 0 spiro atoms. The lowest BCUT2D eigenvalue weighted by molar-refractivity contribution is -0.119. The number of anilines is 2. The quantitative estimate of drug-likeness (QED) is 0.557. The number of ether oxygens (including phenoxy) is 1. The number of amides is 1. The standard InChI is InChI=1S/C20H21N3O6S3/c1-4-29-16-8-6-14(23-19(24)13(3)11-31(23,25)26)10-18(16)32(27,28)22-20-21-15-7-5-12(2)9-17(15)30-20/h5-10,13H,4,11H2,1-3H3,(H,21,22). The molecular weight excluding hydrogens is 474 g/mol. The van der Waals surface area contributed by atoms with Crippen LogP contribution in [0.1, 0.15) is 19.4 Å². The van der Waals surface area contributed by atoms with Crippen LogP contribution in [-0.2, 0) is 24.8 Å². The third-order valence-corrected chi connectivity index (χ3v) is 9.17. The molecule has 3 aromatic rings. The molecule has 1 aliphatic heterocycles. The maximum Gasteiger partial charge on any atom is 0.267 e. The Bertz CT molecular complexity index is 1430. The molecule has 1 atom stereocenters. The predicted octanol–water partition coefficient (Wildman–Crippen LogP) is 3.12. The number of carbonyl (C=O) groups is 1. The zero-order chi connectivity index (χ0) is 23.3. The predicted molar refractivity (Wildman–Crippen MR) is 123 cm³/mol. The third kappa shape index (κ3) is 4.05. The second-order valence-corrected chi connectivity index (χ2v) is 12.0. The largest absolute Gasteiger partial charge is 0.492 e. The second kappa shape index (κ2) is 8.01. The van der Waals surface area contributed by atoms with Gasteiger partial charge in [0, 0.05) is 0 Å². The van der Waals surface area contributed by atoms with Crippen molar-refractivity contribution < 1.29 is 26.4 Å². The fourth-order valence-electron chi connectivity index (χ4n) is 3.44. The number of fused-ring (bicyclic) bond motifs is 1. The van der Waals surface area contributed by atoms with Crippen LogP contribution in [0, 0.1) is 12.8 Å². The van der Waals surface area contributed by atoms with Crippen LogP contribution in [-0.4, -0.2) is 40.1 Å². The number of aromatic nitrogens is 1.